The Morgan fingerprint density at radius 3 is 2.54 bits per heavy atom. The molecule has 2 aliphatic heterocycles. The number of nitrogens with zero attached hydrogens (tertiary/aromatic N) is 2. The number of amides is 4. The fraction of sp³-hybridized carbons (Fsp3) is 0.833. The van der Waals surface area contributed by atoms with Crippen LogP contribution in [0, 0.1) is 5.92 Å². The molecule has 4 amide bonds. The van der Waals surface area contributed by atoms with E-state index in [-0.39, 0.29) is 24.4 Å². The minimum atomic E-state index is -0.716. The van der Waals surface area contributed by atoms with Crippen LogP contribution in [0.4, 0.5) is 4.79 Å². The zero-order chi connectivity index (χ0) is 16.7. The summed E-state index contributed by atoms with van der Waals surface area (Å²) >= 11 is 0. The maximum atomic E-state index is 12.9. The number of fused-ring (bicyclic) bond motifs is 1. The van der Waals surface area contributed by atoms with Crippen LogP contribution >= 0.6 is 0 Å². The van der Waals surface area contributed by atoms with Gasteiger partial charge in [-0.05, 0) is 44.4 Å². The lowest BCUT2D eigenvalue weighted by Crippen LogP contribution is -2.53. The van der Waals surface area contributed by atoms with E-state index in [2.05, 4.69) is 5.32 Å². The van der Waals surface area contributed by atoms with E-state index in [4.69, 9.17) is 0 Å². The zero-order valence-electron chi connectivity index (χ0n) is 14.3. The highest BCUT2D eigenvalue weighted by Crippen LogP contribution is 2.37. The molecule has 2 aliphatic carbocycles. The third-order valence-electron chi connectivity index (χ3n) is 6.56. The summed E-state index contributed by atoms with van der Waals surface area (Å²) in [5.74, 6) is 0.376. The number of rotatable bonds is 2. The second kappa shape index (κ2) is 6.05. The van der Waals surface area contributed by atoms with Gasteiger partial charge in [-0.2, -0.15) is 0 Å². The van der Waals surface area contributed by atoms with Gasteiger partial charge in [-0.25, -0.2) is 4.79 Å². The Kier molecular flexibility index (Phi) is 4.01. The van der Waals surface area contributed by atoms with Crippen molar-refractivity contribution in [2.24, 2.45) is 5.92 Å². The molecule has 0 aromatic heterocycles. The number of carbonyl (C=O) groups excluding carboxylic acids is 3. The Bertz CT molecular complexity index is 554. The lowest BCUT2D eigenvalue weighted by Gasteiger charge is -2.44. The Morgan fingerprint density at radius 2 is 1.75 bits per heavy atom. The monoisotopic (exact) mass is 333 g/mol. The zero-order valence-corrected chi connectivity index (χ0v) is 14.3. The number of urea groups is 1. The predicted molar refractivity (Wildman–Crippen MR) is 88.1 cm³/mol. The van der Waals surface area contributed by atoms with Crippen molar-refractivity contribution in [1.82, 2.24) is 15.1 Å². The minimum absolute atomic E-state index is 0.0508. The summed E-state index contributed by atoms with van der Waals surface area (Å²) in [7, 11) is 0. The average Bonchev–Trinajstić information content (AvgIpc) is 3.15. The SMILES string of the molecule is O=C1NC2(CCCC2)C(=O)N1CC(=O)N1CCCC2CCCCC21. The first-order chi connectivity index (χ1) is 11.6. The van der Waals surface area contributed by atoms with Crippen molar-refractivity contribution in [2.45, 2.75) is 75.8 Å². The molecule has 4 rings (SSSR count). The minimum Gasteiger partial charge on any atom is -0.338 e. The molecule has 2 saturated carbocycles. The second-order valence-corrected chi connectivity index (χ2v) is 7.95. The topological polar surface area (TPSA) is 69.7 Å². The van der Waals surface area contributed by atoms with E-state index in [1.807, 2.05) is 4.90 Å². The molecule has 132 valence electrons. The van der Waals surface area contributed by atoms with Crippen molar-refractivity contribution in [3.8, 4) is 0 Å². The van der Waals surface area contributed by atoms with Crippen LogP contribution in [0.3, 0.4) is 0 Å². The molecule has 24 heavy (non-hydrogen) atoms. The maximum Gasteiger partial charge on any atom is 0.325 e. The fourth-order valence-corrected chi connectivity index (χ4v) is 5.30. The van der Waals surface area contributed by atoms with Gasteiger partial charge in [0.25, 0.3) is 5.91 Å². The first-order valence-electron chi connectivity index (χ1n) is 9.54. The number of piperidine rings is 1. The van der Waals surface area contributed by atoms with Crippen LogP contribution in [-0.4, -0.2) is 52.3 Å². The highest BCUT2D eigenvalue weighted by Gasteiger charge is 2.53. The fourth-order valence-electron chi connectivity index (χ4n) is 5.30. The van der Waals surface area contributed by atoms with E-state index in [0.717, 1.165) is 32.2 Å². The van der Waals surface area contributed by atoms with Gasteiger partial charge in [-0.1, -0.05) is 25.7 Å². The van der Waals surface area contributed by atoms with E-state index in [9.17, 15) is 14.4 Å². The Hall–Kier alpha value is -1.59. The van der Waals surface area contributed by atoms with Crippen molar-refractivity contribution in [2.75, 3.05) is 13.1 Å². The summed E-state index contributed by atoms with van der Waals surface area (Å²) in [5, 5.41) is 2.86. The largest absolute Gasteiger partial charge is 0.338 e. The van der Waals surface area contributed by atoms with Gasteiger partial charge in [0.2, 0.25) is 5.91 Å². The molecule has 4 aliphatic rings. The van der Waals surface area contributed by atoms with E-state index in [1.54, 1.807) is 0 Å². The van der Waals surface area contributed by atoms with Crippen LogP contribution in [0.25, 0.3) is 0 Å². The van der Waals surface area contributed by atoms with E-state index in [0.29, 0.717) is 24.8 Å². The van der Waals surface area contributed by atoms with E-state index in [1.165, 1.54) is 30.6 Å². The van der Waals surface area contributed by atoms with Gasteiger partial charge >= 0.3 is 6.03 Å². The van der Waals surface area contributed by atoms with E-state index >= 15 is 0 Å². The normalized spacial score (nSPS) is 32.2. The van der Waals surface area contributed by atoms with E-state index < -0.39 is 5.54 Å². The van der Waals surface area contributed by atoms with Gasteiger partial charge in [0.15, 0.2) is 0 Å². The highest BCUT2D eigenvalue weighted by atomic mass is 16.2. The van der Waals surface area contributed by atoms with Crippen LogP contribution in [0.15, 0.2) is 0 Å². The molecule has 1 spiro atoms. The molecule has 2 saturated heterocycles. The Balaban J connectivity index is 1.45. The molecule has 0 aromatic carbocycles. The third-order valence-corrected chi connectivity index (χ3v) is 6.56. The molecular formula is C18H27N3O3. The molecule has 0 aromatic rings. The number of hydrogen-bond acceptors (Lipinski definition) is 3. The standard InChI is InChI=1S/C18H27N3O3/c22-15(20-11-5-7-13-6-1-2-8-14(13)20)12-21-16(23)18(19-17(21)24)9-3-4-10-18/h13-14H,1-12H2,(H,19,24). The van der Waals surface area contributed by atoms with Crippen LogP contribution in [0.5, 0.6) is 0 Å². The molecule has 0 radical (unpaired) electrons. The quantitative estimate of drug-likeness (QED) is 0.786. The van der Waals surface area contributed by atoms with Crippen molar-refractivity contribution >= 4 is 17.8 Å². The summed E-state index contributed by atoms with van der Waals surface area (Å²) in [6.45, 7) is 0.685. The summed E-state index contributed by atoms with van der Waals surface area (Å²) < 4.78 is 0. The lowest BCUT2D eigenvalue weighted by molar-refractivity contribution is -0.142. The summed E-state index contributed by atoms with van der Waals surface area (Å²) in [6, 6.07) is -0.0614. The van der Waals surface area contributed by atoms with Crippen molar-refractivity contribution in [3.05, 3.63) is 0 Å². The van der Waals surface area contributed by atoms with Crippen molar-refractivity contribution in [3.63, 3.8) is 0 Å². The number of hydrogen-bond donors (Lipinski definition) is 1. The van der Waals surface area contributed by atoms with Crippen molar-refractivity contribution in [1.29, 1.82) is 0 Å². The number of imide groups is 1. The van der Waals surface area contributed by atoms with Gasteiger partial charge in [0, 0.05) is 12.6 Å². The molecular weight excluding hydrogens is 306 g/mol. The van der Waals surface area contributed by atoms with Crippen LogP contribution < -0.4 is 5.32 Å². The van der Waals surface area contributed by atoms with Gasteiger partial charge < -0.3 is 10.2 Å². The molecule has 2 heterocycles. The first kappa shape index (κ1) is 15.9. The van der Waals surface area contributed by atoms with Gasteiger partial charge in [0.05, 0.1) is 0 Å². The smallest absolute Gasteiger partial charge is 0.325 e. The van der Waals surface area contributed by atoms with Gasteiger partial charge in [0.1, 0.15) is 12.1 Å². The molecule has 0 bridgehead atoms. The number of likely N-dealkylation sites (tertiary alicyclic amines) is 1. The summed E-state index contributed by atoms with van der Waals surface area (Å²) in [5.41, 5.74) is -0.716. The summed E-state index contributed by atoms with van der Waals surface area (Å²) in [4.78, 5) is 41.0. The van der Waals surface area contributed by atoms with Crippen LogP contribution in [0.1, 0.15) is 64.2 Å². The molecule has 6 nitrogen and oxygen atoms in total. The van der Waals surface area contributed by atoms with Crippen LogP contribution in [0.2, 0.25) is 0 Å². The maximum absolute atomic E-state index is 12.9. The third kappa shape index (κ3) is 2.50. The Morgan fingerprint density at radius 1 is 1.04 bits per heavy atom. The lowest BCUT2D eigenvalue weighted by atomic mass is 9.78. The molecule has 1 N–H and O–H groups in total. The summed E-state index contributed by atoms with van der Waals surface area (Å²) in [6.07, 6.45) is 10.3. The molecule has 4 fully saturated rings. The average molecular weight is 333 g/mol. The second-order valence-electron chi connectivity index (χ2n) is 7.95. The van der Waals surface area contributed by atoms with Crippen molar-refractivity contribution < 1.29 is 14.4 Å². The molecule has 6 heteroatoms. The molecule has 2 unspecified atom stereocenters. The number of nitrogens with one attached hydrogen (secondary N) is 1. The van der Waals surface area contributed by atoms with Crippen LogP contribution in [-0.2, 0) is 9.59 Å². The number of carbonyl (C=O) groups is 3. The molecule has 2 atom stereocenters. The van der Waals surface area contributed by atoms with Gasteiger partial charge in [-0.3, -0.25) is 14.5 Å². The van der Waals surface area contributed by atoms with Gasteiger partial charge in [-0.15, -0.1) is 0 Å². The predicted octanol–water partition coefficient (Wildman–Crippen LogP) is 2.03. The first-order valence-corrected chi connectivity index (χ1v) is 9.54. The highest BCUT2D eigenvalue weighted by molar-refractivity contribution is 6.09. The Labute approximate surface area is 142 Å².